The average molecular weight is 372 g/mol. The highest BCUT2D eigenvalue weighted by atomic mass is 35.5. The third-order valence-corrected chi connectivity index (χ3v) is 4.75. The number of thiophene rings is 1. The topological polar surface area (TPSA) is 55.4 Å². The lowest BCUT2D eigenvalue weighted by atomic mass is 10.0. The Morgan fingerprint density at radius 2 is 1.91 bits per heavy atom. The van der Waals surface area contributed by atoms with Crippen LogP contribution in [0.15, 0.2) is 35.7 Å². The number of amides is 1. The zero-order valence-corrected chi connectivity index (χ0v) is 14.8. The van der Waals surface area contributed by atoms with Crippen molar-refractivity contribution in [3.63, 3.8) is 0 Å². The van der Waals surface area contributed by atoms with Gasteiger partial charge in [-0.3, -0.25) is 4.79 Å². The molecule has 0 fully saturated rings. The molecule has 0 bridgehead atoms. The Morgan fingerprint density at radius 3 is 2.52 bits per heavy atom. The Bertz CT molecular complexity index is 701. The number of carbonyl (C=O) groups excluding carboxylic acids is 2. The first-order valence-electron chi connectivity index (χ1n) is 6.90. The van der Waals surface area contributed by atoms with Gasteiger partial charge in [-0.25, -0.2) is 4.79 Å². The summed E-state index contributed by atoms with van der Waals surface area (Å²) in [5.41, 5.74) is 0. The maximum atomic E-state index is 12.4. The molecule has 0 aliphatic carbocycles. The fraction of sp³-hybridized carbons (Fsp3) is 0.250. The molecule has 1 aromatic carbocycles. The third kappa shape index (κ3) is 4.47. The second-order valence-corrected chi connectivity index (χ2v) is 6.88. The molecule has 1 heterocycles. The average Bonchev–Trinajstić information content (AvgIpc) is 3.03. The van der Waals surface area contributed by atoms with Crippen molar-refractivity contribution < 1.29 is 14.3 Å². The predicted octanol–water partition coefficient (Wildman–Crippen LogP) is 4.41. The molecular weight excluding hydrogens is 357 g/mol. The normalized spacial score (nSPS) is 12.0. The standard InChI is InChI=1S/C16H15Cl2NO3S/c1-9(2)14(19-15(20)12-7-4-8-23-12)16(21)22-11-6-3-5-10(17)13(11)18/h3-9,14H,1-2H3,(H,19,20)/t14-/m1/s1. The largest absolute Gasteiger partial charge is 0.423 e. The van der Waals surface area contributed by atoms with E-state index in [1.165, 1.54) is 11.3 Å². The van der Waals surface area contributed by atoms with E-state index in [2.05, 4.69) is 5.32 Å². The van der Waals surface area contributed by atoms with Gasteiger partial charge in [-0.05, 0) is 29.5 Å². The number of halogens is 2. The number of carbonyl (C=O) groups is 2. The minimum atomic E-state index is -0.792. The second kappa shape index (κ2) is 7.81. The van der Waals surface area contributed by atoms with Crippen LogP contribution in [0.4, 0.5) is 0 Å². The molecule has 2 rings (SSSR count). The third-order valence-electron chi connectivity index (χ3n) is 3.08. The van der Waals surface area contributed by atoms with Gasteiger partial charge in [0.25, 0.3) is 5.91 Å². The monoisotopic (exact) mass is 371 g/mol. The van der Waals surface area contributed by atoms with Crippen molar-refractivity contribution in [2.75, 3.05) is 0 Å². The number of benzene rings is 1. The second-order valence-electron chi connectivity index (χ2n) is 5.15. The van der Waals surface area contributed by atoms with Gasteiger partial charge < -0.3 is 10.1 Å². The molecule has 0 saturated carbocycles. The summed E-state index contributed by atoms with van der Waals surface area (Å²) in [5, 5.41) is 4.94. The van der Waals surface area contributed by atoms with Crippen molar-refractivity contribution >= 4 is 46.4 Å². The molecule has 122 valence electrons. The molecule has 0 radical (unpaired) electrons. The minimum Gasteiger partial charge on any atom is -0.423 e. The van der Waals surface area contributed by atoms with Crippen molar-refractivity contribution in [1.82, 2.24) is 5.32 Å². The summed E-state index contributed by atoms with van der Waals surface area (Å²) < 4.78 is 5.30. The Morgan fingerprint density at radius 1 is 1.17 bits per heavy atom. The van der Waals surface area contributed by atoms with E-state index in [1.807, 2.05) is 13.8 Å². The molecule has 1 atom stereocenters. The lowest BCUT2D eigenvalue weighted by Gasteiger charge is -2.20. The summed E-state index contributed by atoms with van der Waals surface area (Å²) in [7, 11) is 0. The molecule has 0 unspecified atom stereocenters. The van der Waals surface area contributed by atoms with Crippen LogP contribution >= 0.6 is 34.5 Å². The van der Waals surface area contributed by atoms with Crippen molar-refractivity contribution in [2.24, 2.45) is 5.92 Å². The van der Waals surface area contributed by atoms with E-state index < -0.39 is 12.0 Å². The molecule has 23 heavy (non-hydrogen) atoms. The number of hydrogen-bond acceptors (Lipinski definition) is 4. The van der Waals surface area contributed by atoms with Gasteiger partial charge in [-0.1, -0.05) is 49.2 Å². The van der Waals surface area contributed by atoms with Crippen molar-refractivity contribution in [2.45, 2.75) is 19.9 Å². The zero-order chi connectivity index (χ0) is 17.0. The van der Waals surface area contributed by atoms with E-state index in [1.54, 1.807) is 35.7 Å². The molecule has 1 aromatic heterocycles. The number of ether oxygens (including phenoxy) is 1. The van der Waals surface area contributed by atoms with Crippen LogP contribution in [0, 0.1) is 5.92 Å². The maximum absolute atomic E-state index is 12.4. The summed E-state index contributed by atoms with van der Waals surface area (Å²) in [6.07, 6.45) is 0. The fourth-order valence-electron chi connectivity index (χ4n) is 1.85. The van der Waals surface area contributed by atoms with Crippen LogP contribution in [0.25, 0.3) is 0 Å². The molecule has 2 aromatic rings. The van der Waals surface area contributed by atoms with Gasteiger partial charge in [0, 0.05) is 0 Å². The first-order valence-corrected chi connectivity index (χ1v) is 8.53. The summed E-state index contributed by atoms with van der Waals surface area (Å²) >= 11 is 13.2. The van der Waals surface area contributed by atoms with Gasteiger partial charge >= 0.3 is 5.97 Å². The molecular formula is C16H15Cl2NO3S. The number of rotatable bonds is 5. The highest BCUT2D eigenvalue weighted by Gasteiger charge is 2.27. The molecule has 1 N–H and O–H groups in total. The maximum Gasteiger partial charge on any atom is 0.334 e. The number of hydrogen-bond donors (Lipinski definition) is 1. The van der Waals surface area contributed by atoms with Crippen LogP contribution in [0.5, 0.6) is 5.75 Å². The molecule has 0 aliphatic rings. The van der Waals surface area contributed by atoms with Gasteiger partial charge in [-0.15, -0.1) is 11.3 Å². The highest BCUT2D eigenvalue weighted by Crippen LogP contribution is 2.31. The Kier molecular flexibility index (Phi) is 6.04. The quantitative estimate of drug-likeness (QED) is 0.625. The van der Waals surface area contributed by atoms with Crippen LogP contribution in [0.1, 0.15) is 23.5 Å². The lowest BCUT2D eigenvalue weighted by molar-refractivity contribution is -0.137. The van der Waals surface area contributed by atoms with Crippen molar-refractivity contribution in [3.05, 3.63) is 50.6 Å². The molecule has 4 nitrogen and oxygen atoms in total. The van der Waals surface area contributed by atoms with Gasteiger partial charge in [0.2, 0.25) is 0 Å². The van der Waals surface area contributed by atoms with Gasteiger partial charge in [0.15, 0.2) is 5.75 Å². The zero-order valence-electron chi connectivity index (χ0n) is 12.5. The molecule has 7 heteroatoms. The van der Waals surface area contributed by atoms with E-state index in [0.29, 0.717) is 9.90 Å². The van der Waals surface area contributed by atoms with Crippen LogP contribution in [-0.4, -0.2) is 17.9 Å². The van der Waals surface area contributed by atoms with Crippen LogP contribution < -0.4 is 10.1 Å². The molecule has 0 saturated heterocycles. The highest BCUT2D eigenvalue weighted by molar-refractivity contribution is 7.12. The van der Waals surface area contributed by atoms with Crippen molar-refractivity contribution in [1.29, 1.82) is 0 Å². The van der Waals surface area contributed by atoms with Crippen LogP contribution in [0.2, 0.25) is 10.0 Å². The number of nitrogens with one attached hydrogen (secondary N) is 1. The summed E-state index contributed by atoms with van der Waals surface area (Å²) in [5.74, 6) is -0.883. The van der Waals surface area contributed by atoms with E-state index in [4.69, 9.17) is 27.9 Å². The van der Waals surface area contributed by atoms with Gasteiger partial charge in [0.1, 0.15) is 11.1 Å². The van der Waals surface area contributed by atoms with Gasteiger partial charge in [-0.2, -0.15) is 0 Å². The van der Waals surface area contributed by atoms with E-state index in [0.717, 1.165) is 0 Å². The van der Waals surface area contributed by atoms with Crippen LogP contribution in [0.3, 0.4) is 0 Å². The Hall–Kier alpha value is -1.56. The molecule has 0 aliphatic heterocycles. The van der Waals surface area contributed by atoms with E-state index in [9.17, 15) is 9.59 Å². The lowest BCUT2D eigenvalue weighted by Crippen LogP contribution is -2.46. The minimum absolute atomic E-state index is 0.149. The first kappa shape index (κ1) is 17.8. The molecule has 0 spiro atoms. The summed E-state index contributed by atoms with van der Waals surface area (Å²) in [6, 6.07) is 7.44. The fourth-order valence-corrected chi connectivity index (χ4v) is 2.81. The SMILES string of the molecule is CC(C)[C@@H](NC(=O)c1cccs1)C(=O)Oc1cccc(Cl)c1Cl. The Labute approximate surface area is 148 Å². The molecule has 1 amide bonds. The van der Waals surface area contributed by atoms with E-state index in [-0.39, 0.29) is 22.6 Å². The van der Waals surface area contributed by atoms with Crippen molar-refractivity contribution in [3.8, 4) is 5.75 Å². The first-order chi connectivity index (χ1) is 10.9. The van der Waals surface area contributed by atoms with E-state index >= 15 is 0 Å². The summed E-state index contributed by atoms with van der Waals surface area (Å²) in [6.45, 7) is 3.64. The smallest absolute Gasteiger partial charge is 0.334 e. The predicted molar refractivity (Wildman–Crippen MR) is 92.5 cm³/mol. The Balaban J connectivity index is 2.12. The number of esters is 1. The summed E-state index contributed by atoms with van der Waals surface area (Å²) in [4.78, 5) is 25.1. The van der Waals surface area contributed by atoms with Gasteiger partial charge in [0.05, 0.1) is 9.90 Å². The van der Waals surface area contributed by atoms with Crippen LogP contribution in [-0.2, 0) is 4.79 Å².